The lowest BCUT2D eigenvalue weighted by molar-refractivity contribution is 0.484. The zero-order chi connectivity index (χ0) is 19.6. The maximum atomic E-state index is 12.0. The number of aromatic nitrogens is 5. The van der Waals surface area contributed by atoms with Crippen molar-refractivity contribution in [2.24, 2.45) is 0 Å². The van der Waals surface area contributed by atoms with E-state index in [9.17, 15) is 4.79 Å². The molecule has 0 saturated heterocycles. The van der Waals surface area contributed by atoms with E-state index in [2.05, 4.69) is 20.1 Å². The van der Waals surface area contributed by atoms with Crippen LogP contribution < -0.4 is 10.3 Å². The summed E-state index contributed by atoms with van der Waals surface area (Å²) in [5.41, 5.74) is 2.03. The van der Waals surface area contributed by atoms with Crippen molar-refractivity contribution in [2.45, 2.75) is 0 Å². The summed E-state index contributed by atoms with van der Waals surface area (Å²) in [4.78, 5) is 23.3. The number of fused-ring (bicyclic) bond motifs is 1. The van der Waals surface area contributed by atoms with Crippen LogP contribution in [0.25, 0.3) is 27.8 Å². The third-order valence-corrected chi connectivity index (χ3v) is 4.51. The second kappa shape index (κ2) is 7.05. The normalized spacial score (nSPS) is 10.9. The summed E-state index contributed by atoms with van der Waals surface area (Å²) < 4.78 is 7.67. The summed E-state index contributed by atoms with van der Waals surface area (Å²) in [6.45, 7) is 0. The molecule has 0 bridgehead atoms. The van der Waals surface area contributed by atoms with Crippen molar-refractivity contribution in [3.63, 3.8) is 0 Å². The van der Waals surface area contributed by atoms with Gasteiger partial charge in [-0.25, -0.2) is 14.6 Å². The Morgan fingerprint density at radius 3 is 2.66 bits per heavy atom. The zero-order valence-electron chi connectivity index (χ0n) is 15.2. The van der Waals surface area contributed by atoms with Crippen LogP contribution >= 0.6 is 0 Å². The molecule has 7 nitrogen and oxygen atoms in total. The summed E-state index contributed by atoms with van der Waals surface area (Å²) >= 11 is 0. The van der Waals surface area contributed by atoms with Gasteiger partial charge in [0.25, 0.3) is 5.56 Å². The van der Waals surface area contributed by atoms with Crippen LogP contribution in [-0.4, -0.2) is 24.7 Å². The lowest BCUT2D eigenvalue weighted by Gasteiger charge is -2.09. The summed E-state index contributed by atoms with van der Waals surface area (Å²) in [6, 6.07) is 19.0. The number of hydrogen-bond acceptors (Lipinski definition) is 5. The molecule has 1 N–H and O–H groups in total. The van der Waals surface area contributed by atoms with Crippen LogP contribution in [0.5, 0.6) is 11.5 Å². The number of pyridine rings is 1. The van der Waals surface area contributed by atoms with Gasteiger partial charge in [0.05, 0.1) is 17.9 Å². The fraction of sp³-hybridized carbons (Fsp3) is 0. The SMILES string of the molecule is O=c1[nH]cnc2c(-n3cc(-c4ccccc4Oc4ccccc4)cn3)nccc12. The van der Waals surface area contributed by atoms with Gasteiger partial charge >= 0.3 is 0 Å². The Labute approximate surface area is 165 Å². The molecule has 7 heteroatoms. The maximum absolute atomic E-state index is 12.0. The van der Waals surface area contributed by atoms with Gasteiger partial charge < -0.3 is 9.72 Å². The van der Waals surface area contributed by atoms with Crippen molar-refractivity contribution in [3.8, 4) is 28.4 Å². The molecule has 0 aliphatic heterocycles. The van der Waals surface area contributed by atoms with Crippen LogP contribution in [0.1, 0.15) is 0 Å². The molecule has 29 heavy (non-hydrogen) atoms. The topological polar surface area (TPSA) is 85.7 Å². The van der Waals surface area contributed by atoms with E-state index in [1.54, 1.807) is 23.1 Å². The van der Waals surface area contributed by atoms with Crippen molar-refractivity contribution >= 4 is 10.9 Å². The van der Waals surface area contributed by atoms with E-state index < -0.39 is 0 Å². The number of hydrogen-bond donors (Lipinski definition) is 1. The molecular formula is C22H15N5O2. The second-order valence-electron chi connectivity index (χ2n) is 6.35. The van der Waals surface area contributed by atoms with E-state index in [4.69, 9.17) is 4.74 Å². The number of benzene rings is 2. The average molecular weight is 381 g/mol. The first kappa shape index (κ1) is 16.9. The van der Waals surface area contributed by atoms with Gasteiger partial charge in [0.15, 0.2) is 5.82 Å². The van der Waals surface area contributed by atoms with Crippen LogP contribution in [0.15, 0.2) is 90.4 Å². The van der Waals surface area contributed by atoms with Gasteiger partial charge in [-0.05, 0) is 24.3 Å². The van der Waals surface area contributed by atoms with Crippen molar-refractivity contribution in [1.29, 1.82) is 0 Å². The quantitative estimate of drug-likeness (QED) is 0.509. The Balaban J connectivity index is 1.57. The third-order valence-electron chi connectivity index (χ3n) is 4.51. The number of aromatic amines is 1. The van der Waals surface area contributed by atoms with Crippen molar-refractivity contribution in [2.75, 3.05) is 0 Å². The van der Waals surface area contributed by atoms with Crippen LogP contribution in [0, 0.1) is 0 Å². The van der Waals surface area contributed by atoms with Crippen molar-refractivity contribution in [3.05, 3.63) is 95.9 Å². The summed E-state index contributed by atoms with van der Waals surface area (Å²) in [7, 11) is 0. The first-order chi connectivity index (χ1) is 14.3. The molecule has 5 rings (SSSR count). The highest BCUT2D eigenvalue weighted by atomic mass is 16.5. The molecule has 0 aliphatic carbocycles. The molecule has 3 heterocycles. The van der Waals surface area contributed by atoms with Gasteiger partial charge in [-0.1, -0.05) is 36.4 Å². The molecule has 0 unspecified atom stereocenters. The molecule has 0 amide bonds. The highest BCUT2D eigenvalue weighted by molar-refractivity contribution is 5.83. The summed E-state index contributed by atoms with van der Waals surface area (Å²) in [6.07, 6.45) is 6.52. The molecule has 3 aromatic heterocycles. The molecule has 0 spiro atoms. The Morgan fingerprint density at radius 1 is 0.931 bits per heavy atom. The minimum atomic E-state index is -0.215. The first-order valence-electron chi connectivity index (χ1n) is 8.99. The standard InChI is InChI=1S/C22H15N5O2/c28-22-18-10-11-23-21(20(18)24-14-25-22)27-13-15(12-26-27)17-8-4-5-9-19(17)29-16-6-2-1-3-7-16/h1-14H,(H,24,25,28). The van der Waals surface area contributed by atoms with Gasteiger partial charge in [0.2, 0.25) is 0 Å². The van der Waals surface area contributed by atoms with Gasteiger partial charge in [0.1, 0.15) is 17.0 Å². The molecule has 0 saturated carbocycles. The monoisotopic (exact) mass is 381 g/mol. The van der Waals surface area contributed by atoms with E-state index in [0.29, 0.717) is 16.7 Å². The maximum Gasteiger partial charge on any atom is 0.258 e. The minimum Gasteiger partial charge on any atom is -0.457 e. The van der Waals surface area contributed by atoms with Gasteiger partial charge in [-0.15, -0.1) is 0 Å². The van der Waals surface area contributed by atoms with E-state index in [0.717, 1.165) is 22.6 Å². The van der Waals surface area contributed by atoms with Crippen LogP contribution in [0.3, 0.4) is 0 Å². The number of nitrogens with zero attached hydrogens (tertiary/aromatic N) is 4. The number of para-hydroxylation sites is 2. The largest absolute Gasteiger partial charge is 0.457 e. The zero-order valence-corrected chi connectivity index (χ0v) is 15.2. The van der Waals surface area contributed by atoms with Crippen LogP contribution in [0.4, 0.5) is 0 Å². The van der Waals surface area contributed by atoms with Crippen molar-refractivity contribution < 1.29 is 4.74 Å². The second-order valence-corrected chi connectivity index (χ2v) is 6.35. The Morgan fingerprint density at radius 2 is 1.76 bits per heavy atom. The molecule has 0 atom stereocenters. The Hall–Kier alpha value is -4.26. The van der Waals surface area contributed by atoms with Gasteiger partial charge in [-0.3, -0.25) is 4.79 Å². The fourth-order valence-electron chi connectivity index (χ4n) is 3.14. The third kappa shape index (κ3) is 3.14. The molecule has 0 aliphatic rings. The molecule has 5 aromatic rings. The van der Waals surface area contributed by atoms with Crippen molar-refractivity contribution in [1.82, 2.24) is 24.7 Å². The highest BCUT2D eigenvalue weighted by Gasteiger charge is 2.13. The number of ether oxygens (including phenoxy) is 1. The minimum absolute atomic E-state index is 0.215. The number of H-pyrrole nitrogens is 1. The molecule has 2 aromatic carbocycles. The molecule has 140 valence electrons. The lowest BCUT2D eigenvalue weighted by Crippen LogP contribution is -2.09. The molecular weight excluding hydrogens is 366 g/mol. The predicted octanol–water partition coefficient (Wildman–Crippen LogP) is 3.96. The Kier molecular flexibility index (Phi) is 4.10. The van der Waals surface area contributed by atoms with Crippen LogP contribution in [0.2, 0.25) is 0 Å². The predicted molar refractivity (Wildman–Crippen MR) is 109 cm³/mol. The van der Waals surface area contributed by atoms with Gasteiger partial charge in [-0.2, -0.15) is 5.10 Å². The highest BCUT2D eigenvalue weighted by Crippen LogP contribution is 2.33. The summed E-state index contributed by atoms with van der Waals surface area (Å²) in [5.74, 6) is 1.96. The lowest BCUT2D eigenvalue weighted by atomic mass is 10.1. The summed E-state index contributed by atoms with van der Waals surface area (Å²) in [5, 5.41) is 4.90. The average Bonchev–Trinajstić information content (AvgIpc) is 3.25. The van der Waals surface area contributed by atoms with E-state index in [1.807, 2.05) is 60.8 Å². The number of rotatable bonds is 4. The molecule has 0 radical (unpaired) electrons. The van der Waals surface area contributed by atoms with Gasteiger partial charge in [0, 0.05) is 23.5 Å². The number of nitrogens with one attached hydrogen (secondary N) is 1. The fourth-order valence-corrected chi connectivity index (χ4v) is 3.14. The van der Waals surface area contributed by atoms with E-state index in [-0.39, 0.29) is 5.56 Å². The Bertz CT molecular complexity index is 1360. The van der Waals surface area contributed by atoms with Crippen LogP contribution in [-0.2, 0) is 0 Å². The van der Waals surface area contributed by atoms with E-state index >= 15 is 0 Å². The van der Waals surface area contributed by atoms with E-state index in [1.165, 1.54) is 6.33 Å². The smallest absolute Gasteiger partial charge is 0.258 e. The first-order valence-corrected chi connectivity index (χ1v) is 8.99. The molecule has 0 fully saturated rings.